The van der Waals surface area contributed by atoms with Gasteiger partial charge in [0.05, 0.1) is 4.92 Å². The molecule has 8 nitrogen and oxygen atoms in total. The van der Waals surface area contributed by atoms with Gasteiger partial charge < -0.3 is 5.11 Å². The Balaban J connectivity index is 2.71. The van der Waals surface area contributed by atoms with E-state index in [4.69, 9.17) is 5.11 Å². The first-order valence-corrected chi connectivity index (χ1v) is 4.54. The summed E-state index contributed by atoms with van der Waals surface area (Å²) in [6, 6.07) is 0. The second-order valence-corrected chi connectivity index (χ2v) is 3.36. The first kappa shape index (κ1) is 10.3. The molecule has 0 bridgehead atoms. The fourth-order valence-corrected chi connectivity index (χ4v) is 1.72. The number of hydrogen-bond acceptors (Lipinski definition) is 5. The highest BCUT2D eigenvalue weighted by atomic mass is 16.6. The summed E-state index contributed by atoms with van der Waals surface area (Å²) in [4.78, 5) is 32.1. The summed E-state index contributed by atoms with van der Waals surface area (Å²) in [7, 11) is 0. The van der Waals surface area contributed by atoms with Crippen LogP contribution in [0.1, 0.15) is 33.8 Å². The first-order chi connectivity index (χ1) is 7.52. The van der Waals surface area contributed by atoms with Gasteiger partial charge in [-0.15, -0.1) is 0 Å². The van der Waals surface area contributed by atoms with Gasteiger partial charge in [-0.3, -0.25) is 19.6 Å². The molecule has 2 rings (SSSR count). The molecule has 1 aromatic rings. The van der Waals surface area contributed by atoms with Gasteiger partial charge in [-0.05, 0) is 6.42 Å². The second-order valence-electron chi connectivity index (χ2n) is 3.36. The average Bonchev–Trinajstić information content (AvgIpc) is 2.58. The van der Waals surface area contributed by atoms with Crippen LogP contribution in [-0.4, -0.2) is 31.6 Å². The summed E-state index contributed by atoms with van der Waals surface area (Å²) in [6.07, 6.45) is 0.704. The molecule has 0 unspecified atom stereocenters. The maximum atomic E-state index is 11.5. The van der Waals surface area contributed by atoms with Crippen molar-refractivity contribution in [2.24, 2.45) is 0 Å². The smallest absolute Gasteiger partial charge is 0.363 e. The number of carbonyl (C=O) groups is 2. The van der Waals surface area contributed by atoms with E-state index in [9.17, 15) is 19.7 Å². The molecule has 1 aliphatic heterocycles. The number of rotatable bonds is 2. The molecule has 0 radical (unpaired) electrons. The van der Waals surface area contributed by atoms with E-state index in [1.54, 1.807) is 0 Å². The molecule has 0 saturated carbocycles. The highest BCUT2D eigenvalue weighted by Gasteiger charge is 2.36. The van der Waals surface area contributed by atoms with Gasteiger partial charge in [0.2, 0.25) is 5.69 Å². The Morgan fingerprint density at radius 2 is 2.25 bits per heavy atom. The van der Waals surface area contributed by atoms with E-state index >= 15 is 0 Å². The third kappa shape index (κ3) is 1.35. The fraction of sp³-hybridized carbons (Fsp3) is 0.375. The van der Waals surface area contributed by atoms with Crippen molar-refractivity contribution in [1.82, 2.24) is 9.78 Å². The predicted molar refractivity (Wildman–Crippen MR) is 49.4 cm³/mol. The molecule has 84 valence electrons. The van der Waals surface area contributed by atoms with Gasteiger partial charge >= 0.3 is 11.7 Å². The van der Waals surface area contributed by atoms with Crippen LogP contribution in [0.15, 0.2) is 0 Å². The van der Waals surface area contributed by atoms with E-state index in [2.05, 4.69) is 5.10 Å². The fourth-order valence-electron chi connectivity index (χ4n) is 1.72. The van der Waals surface area contributed by atoms with Gasteiger partial charge in [-0.25, -0.2) is 4.79 Å². The number of carbonyl (C=O) groups excluding carboxylic acids is 1. The van der Waals surface area contributed by atoms with Crippen molar-refractivity contribution in [1.29, 1.82) is 0 Å². The molecule has 0 spiro atoms. The molecule has 8 heteroatoms. The van der Waals surface area contributed by atoms with E-state index in [0.717, 1.165) is 4.68 Å². The molecule has 0 aliphatic carbocycles. The van der Waals surface area contributed by atoms with Crippen molar-refractivity contribution in [3.05, 3.63) is 21.5 Å². The average molecular weight is 225 g/mol. The van der Waals surface area contributed by atoms with Crippen LogP contribution in [0, 0.1) is 10.1 Å². The topological polar surface area (TPSA) is 115 Å². The van der Waals surface area contributed by atoms with Crippen molar-refractivity contribution in [3.63, 3.8) is 0 Å². The summed E-state index contributed by atoms with van der Waals surface area (Å²) in [5, 5.41) is 23.1. The van der Waals surface area contributed by atoms with E-state index in [0.29, 0.717) is 13.0 Å². The van der Waals surface area contributed by atoms with Crippen LogP contribution in [0.5, 0.6) is 0 Å². The summed E-state index contributed by atoms with van der Waals surface area (Å²) in [5.74, 6) is -1.93. The zero-order valence-electron chi connectivity index (χ0n) is 8.04. The Labute approximate surface area is 88.6 Å². The maximum absolute atomic E-state index is 11.5. The number of carboxylic acids is 1. The number of fused-ring (bicyclic) bond motifs is 1. The Hall–Kier alpha value is -2.25. The van der Waals surface area contributed by atoms with Crippen LogP contribution in [0.25, 0.3) is 0 Å². The molecule has 0 fully saturated rings. The Kier molecular flexibility index (Phi) is 2.18. The quantitative estimate of drug-likeness (QED) is 0.577. The molecule has 0 atom stereocenters. The number of nitrogens with zero attached hydrogens (tertiary/aromatic N) is 3. The lowest BCUT2D eigenvalue weighted by Crippen LogP contribution is -2.18. The number of nitro groups is 1. The minimum absolute atomic E-state index is 0.186. The zero-order valence-corrected chi connectivity index (χ0v) is 8.04. The summed E-state index contributed by atoms with van der Waals surface area (Å²) >= 11 is 0. The maximum Gasteiger partial charge on any atom is 0.363 e. The third-order valence-electron chi connectivity index (χ3n) is 2.35. The van der Waals surface area contributed by atoms with Crippen LogP contribution in [-0.2, 0) is 6.54 Å². The van der Waals surface area contributed by atoms with Crippen molar-refractivity contribution in [2.75, 3.05) is 0 Å². The monoisotopic (exact) mass is 225 g/mol. The van der Waals surface area contributed by atoms with Gasteiger partial charge in [0, 0.05) is 13.0 Å². The normalized spacial score (nSPS) is 14.6. The largest absolute Gasteiger partial charge is 0.476 e. The summed E-state index contributed by atoms with van der Waals surface area (Å²) in [5.41, 5.74) is -1.57. The third-order valence-corrected chi connectivity index (χ3v) is 2.35. The molecule has 1 aromatic heterocycles. The number of ketones is 1. The molecule has 1 N–H and O–H groups in total. The van der Waals surface area contributed by atoms with Crippen molar-refractivity contribution < 1.29 is 19.6 Å². The van der Waals surface area contributed by atoms with Gasteiger partial charge in [0.15, 0.2) is 11.5 Å². The van der Waals surface area contributed by atoms with Crippen LogP contribution < -0.4 is 0 Å². The lowest BCUT2D eigenvalue weighted by atomic mass is 10.1. The lowest BCUT2D eigenvalue weighted by Gasteiger charge is -2.10. The van der Waals surface area contributed by atoms with E-state index in [1.165, 1.54) is 0 Å². The number of Topliss-reactive ketones (excluding diaryl/α,β-unsaturated/α-hetero) is 1. The molecule has 1 aliphatic rings. The lowest BCUT2D eigenvalue weighted by molar-refractivity contribution is -0.385. The molecule has 0 saturated heterocycles. The minimum Gasteiger partial charge on any atom is -0.476 e. The van der Waals surface area contributed by atoms with Gasteiger partial charge in [-0.1, -0.05) is 0 Å². The summed E-state index contributed by atoms with van der Waals surface area (Å²) < 4.78 is 1.10. The van der Waals surface area contributed by atoms with E-state index in [-0.39, 0.29) is 12.1 Å². The highest BCUT2D eigenvalue weighted by molar-refractivity contribution is 6.03. The zero-order chi connectivity index (χ0) is 11.9. The molecular weight excluding hydrogens is 218 g/mol. The highest BCUT2D eigenvalue weighted by Crippen LogP contribution is 2.28. The van der Waals surface area contributed by atoms with Crippen LogP contribution >= 0.6 is 0 Å². The van der Waals surface area contributed by atoms with Crippen LogP contribution in [0.2, 0.25) is 0 Å². The predicted octanol–water partition coefficient (Wildman–Crippen LogP) is 0.466. The first-order valence-electron chi connectivity index (χ1n) is 4.54. The molecular formula is C8H7N3O5. The van der Waals surface area contributed by atoms with Crippen molar-refractivity contribution >= 4 is 17.4 Å². The number of carboxylic acid groups (broad SMARTS) is 1. The number of aromatic carboxylic acids is 1. The van der Waals surface area contributed by atoms with E-state index < -0.39 is 28.1 Å². The van der Waals surface area contributed by atoms with Crippen LogP contribution in [0.3, 0.4) is 0 Å². The minimum atomic E-state index is -1.50. The second kappa shape index (κ2) is 3.40. The SMILES string of the molecule is O=C(O)c1nn2c(c1[N+](=O)[O-])C(=O)CCC2. The van der Waals surface area contributed by atoms with Gasteiger partial charge in [0.25, 0.3) is 0 Å². The standard InChI is InChI=1S/C8H7N3O5/c12-4-2-1-3-10-6(4)7(11(15)16)5(9-10)8(13)14/h1-3H2,(H,13,14). The molecule has 0 amide bonds. The van der Waals surface area contributed by atoms with Crippen molar-refractivity contribution in [3.8, 4) is 0 Å². The molecule has 0 aromatic carbocycles. The Morgan fingerprint density at radius 3 is 2.81 bits per heavy atom. The van der Waals surface area contributed by atoms with E-state index in [1.807, 2.05) is 0 Å². The molecule has 16 heavy (non-hydrogen) atoms. The summed E-state index contributed by atoms with van der Waals surface area (Å²) in [6.45, 7) is 0.329. The van der Waals surface area contributed by atoms with Gasteiger partial charge in [-0.2, -0.15) is 5.10 Å². The van der Waals surface area contributed by atoms with Crippen molar-refractivity contribution in [2.45, 2.75) is 19.4 Å². The Bertz CT molecular complexity index is 504. The number of hydrogen-bond donors (Lipinski definition) is 1. The number of aryl methyl sites for hydroxylation is 1. The van der Waals surface area contributed by atoms with Crippen LogP contribution in [0.4, 0.5) is 5.69 Å². The Morgan fingerprint density at radius 1 is 1.56 bits per heavy atom. The van der Waals surface area contributed by atoms with Gasteiger partial charge in [0.1, 0.15) is 0 Å². The molecule has 2 heterocycles. The number of aromatic nitrogens is 2.